The molecule has 1 unspecified atom stereocenters. The van der Waals surface area contributed by atoms with E-state index < -0.39 is 0 Å². The molecule has 4 nitrogen and oxygen atoms in total. The molecule has 0 amide bonds. The molecule has 102 valence electrons. The van der Waals surface area contributed by atoms with Crippen molar-refractivity contribution in [3.63, 3.8) is 0 Å². The number of rotatable bonds is 5. The fourth-order valence-corrected chi connectivity index (χ4v) is 2.36. The Morgan fingerprint density at radius 1 is 1.42 bits per heavy atom. The molecule has 0 aliphatic carbocycles. The van der Waals surface area contributed by atoms with Crippen LogP contribution in [0.2, 0.25) is 0 Å². The van der Waals surface area contributed by atoms with Crippen LogP contribution in [-0.2, 0) is 0 Å². The Bertz CT molecular complexity index is 436. The molecular weight excluding hydrogens is 238 g/mol. The predicted octanol–water partition coefficient (Wildman–Crippen LogP) is 2.17. The summed E-state index contributed by atoms with van der Waals surface area (Å²) in [5.74, 6) is 0.914. The van der Waals surface area contributed by atoms with Gasteiger partial charge in [-0.15, -0.1) is 0 Å². The topological polar surface area (TPSA) is 48.3 Å². The Kier molecular flexibility index (Phi) is 4.64. The maximum absolute atomic E-state index is 8.57. The van der Waals surface area contributed by atoms with E-state index >= 15 is 0 Å². The van der Waals surface area contributed by atoms with Gasteiger partial charge in [-0.2, -0.15) is 5.26 Å². The molecule has 2 rings (SSSR count). The first-order valence-electron chi connectivity index (χ1n) is 6.81. The molecule has 1 N–H and O–H groups in total. The number of nitrogens with zero attached hydrogens (tertiary/aromatic N) is 2. The molecule has 1 aliphatic rings. The van der Waals surface area contributed by atoms with Crippen molar-refractivity contribution in [1.29, 1.82) is 5.26 Å². The average molecular weight is 259 g/mol. The van der Waals surface area contributed by atoms with Crippen molar-refractivity contribution >= 4 is 5.69 Å². The zero-order chi connectivity index (χ0) is 13.7. The molecule has 0 aromatic heterocycles. The van der Waals surface area contributed by atoms with Crippen LogP contribution in [0.25, 0.3) is 0 Å². The summed E-state index contributed by atoms with van der Waals surface area (Å²) in [6.07, 6.45) is 1.29. The summed E-state index contributed by atoms with van der Waals surface area (Å²) in [5, 5.41) is 11.8. The van der Waals surface area contributed by atoms with Crippen LogP contribution < -0.4 is 15.0 Å². The lowest BCUT2D eigenvalue weighted by Gasteiger charge is -2.19. The fraction of sp³-hybridized carbons (Fsp3) is 0.533. The van der Waals surface area contributed by atoms with Crippen molar-refractivity contribution in [3.05, 3.63) is 24.3 Å². The van der Waals surface area contributed by atoms with E-state index in [2.05, 4.69) is 28.4 Å². The van der Waals surface area contributed by atoms with E-state index in [1.54, 1.807) is 0 Å². The molecule has 1 aromatic carbocycles. The Morgan fingerprint density at radius 3 is 2.79 bits per heavy atom. The van der Waals surface area contributed by atoms with Gasteiger partial charge >= 0.3 is 0 Å². The fourth-order valence-electron chi connectivity index (χ4n) is 2.36. The van der Waals surface area contributed by atoms with E-state index in [-0.39, 0.29) is 6.10 Å². The number of hydrogen-bond donors (Lipinski definition) is 1. The first-order chi connectivity index (χ1) is 9.19. The highest BCUT2D eigenvalue weighted by Gasteiger charge is 2.21. The van der Waals surface area contributed by atoms with Gasteiger partial charge in [-0.3, -0.25) is 5.32 Å². The molecule has 19 heavy (non-hydrogen) atoms. The molecule has 1 heterocycles. The lowest BCUT2D eigenvalue weighted by Crippen LogP contribution is -2.32. The molecule has 1 aromatic rings. The Labute approximate surface area is 115 Å². The lowest BCUT2D eigenvalue weighted by molar-refractivity contribution is 0.242. The maximum atomic E-state index is 8.57. The molecule has 1 saturated heterocycles. The molecular formula is C15H21N3O. The van der Waals surface area contributed by atoms with Crippen molar-refractivity contribution in [1.82, 2.24) is 5.32 Å². The van der Waals surface area contributed by atoms with Gasteiger partial charge in [0.25, 0.3) is 0 Å². The molecule has 1 atom stereocenters. The number of nitriles is 1. The third kappa shape index (κ3) is 3.87. The van der Waals surface area contributed by atoms with Gasteiger partial charge in [0.15, 0.2) is 0 Å². The van der Waals surface area contributed by atoms with E-state index in [0.717, 1.165) is 25.3 Å². The molecule has 0 bridgehead atoms. The standard InChI is InChI=1S/C15H21N3O/c1-12(2)19-15-5-3-14(4-6-15)18-10-7-13(11-18)17-9-8-16/h3-6,12-13,17H,7,9-11H2,1-2H3. The van der Waals surface area contributed by atoms with E-state index in [0.29, 0.717) is 12.6 Å². The van der Waals surface area contributed by atoms with Gasteiger partial charge < -0.3 is 9.64 Å². The summed E-state index contributed by atoms with van der Waals surface area (Å²) in [6, 6.07) is 10.8. The van der Waals surface area contributed by atoms with Crippen LogP contribution in [0.4, 0.5) is 5.69 Å². The van der Waals surface area contributed by atoms with Gasteiger partial charge in [-0.05, 0) is 44.5 Å². The molecule has 1 aliphatic heterocycles. The van der Waals surface area contributed by atoms with E-state index in [4.69, 9.17) is 10.00 Å². The van der Waals surface area contributed by atoms with E-state index in [1.165, 1.54) is 5.69 Å². The third-order valence-electron chi connectivity index (χ3n) is 3.23. The monoisotopic (exact) mass is 259 g/mol. The number of hydrogen-bond acceptors (Lipinski definition) is 4. The summed E-state index contributed by atoms with van der Waals surface area (Å²) in [5.41, 5.74) is 1.22. The zero-order valence-electron chi connectivity index (χ0n) is 11.6. The van der Waals surface area contributed by atoms with Crippen LogP contribution in [0.3, 0.4) is 0 Å². The highest BCUT2D eigenvalue weighted by Crippen LogP contribution is 2.23. The van der Waals surface area contributed by atoms with Gasteiger partial charge in [0, 0.05) is 24.8 Å². The quantitative estimate of drug-likeness (QED) is 0.823. The average Bonchev–Trinajstić information content (AvgIpc) is 2.85. The normalized spacial score (nSPS) is 18.6. The number of benzene rings is 1. The minimum Gasteiger partial charge on any atom is -0.491 e. The van der Waals surface area contributed by atoms with Crippen LogP contribution in [0.1, 0.15) is 20.3 Å². The van der Waals surface area contributed by atoms with Gasteiger partial charge in [0.2, 0.25) is 0 Å². The van der Waals surface area contributed by atoms with Crippen molar-refractivity contribution in [2.24, 2.45) is 0 Å². The Hall–Kier alpha value is -1.73. The number of anilines is 1. The summed E-state index contributed by atoms with van der Waals surface area (Å²) in [4.78, 5) is 2.34. The summed E-state index contributed by atoms with van der Waals surface area (Å²) in [6.45, 7) is 6.49. The third-order valence-corrected chi connectivity index (χ3v) is 3.23. The van der Waals surface area contributed by atoms with E-state index in [1.807, 2.05) is 26.0 Å². The number of nitrogens with one attached hydrogen (secondary N) is 1. The second kappa shape index (κ2) is 6.44. The first kappa shape index (κ1) is 13.7. The van der Waals surface area contributed by atoms with Crippen molar-refractivity contribution in [2.45, 2.75) is 32.4 Å². The summed E-state index contributed by atoms with van der Waals surface area (Å²) in [7, 11) is 0. The predicted molar refractivity (Wildman–Crippen MR) is 76.4 cm³/mol. The van der Waals surface area contributed by atoms with Crippen LogP contribution in [0.15, 0.2) is 24.3 Å². The minimum atomic E-state index is 0.206. The molecule has 1 fully saturated rings. The maximum Gasteiger partial charge on any atom is 0.119 e. The largest absolute Gasteiger partial charge is 0.491 e. The lowest BCUT2D eigenvalue weighted by atomic mass is 10.2. The van der Waals surface area contributed by atoms with Gasteiger partial charge in [-0.1, -0.05) is 0 Å². The highest BCUT2D eigenvalue weighted by atomic mass is 16.5. The second-order valence-electron chi connectivity index (χ2n) is 5.13. The summed E-state index contributed by atoms with van der Waals surface area (Å²) >= 11 is 0. The summed E-state index contributed by atoms with van der Waals surface area (Å²) < 4.78 is 5.64. The molecule has 0 saturated carbocycles. The Morgan fingerprint density at radius 2 is 2.16 bits per heavy atom. The van der Waals surface area contributed by atoms with Crippen molar-refractivity contribution < 1.29 is 4.74 Å². The molecule has 0 radical (unpaired) electrons. The van der Waals surface area contributed by atoms with Crippen LogP contribution in [-0.4, -0.2) is 31.8 Å². The van der Waals surface area contributed by atoms with E-state index in [9.17, 15) is 0 Å². The van der Waals surface area contributed by atoms with Crippen molar-refractivity contribution in [3.8, 4) is 11.8 Å². The van der Waals surface area contributed by atoms with Crippen LogP contribution in [0.5, 0.6) is 5.75 Å². The van der Waals surface area contributed by atoms with Crippen LogP contribution >= 0.6 is 0 Å². The zero-order valence-corrected chi connectivity index (χ0v) is 11.6. The SMILES string of the molecule is CC(C)Oc1ccc(N2CCC(NCC#N)C2)cc1. The first-order valence-corrected chi connectivity index (χ1v) is 6.81. The minimum absolute atomic E-state index is 0.206. The van der Waals surface area contributed by atoms with Crippen LogP contribution in [0, 0.1) is 11.3 Å². The Balaban J connectivity index is 1.91. The van der Waals surface area contributed by atoms with Crippen molar-refractivity contribution in [2.75, 3.05) is 24.5 Å². The van der Waals surface area contributed by atoms with Gasteiger partial charge in [0.05, 0.1) is 18.7 Å². The molecule has 0 spiro atoms. The highest BCUT2D eigenvalue weighted by molar-refractivity contribution is 5.50. The van der Waals surface area contributed by atoms with Gasteiger partial charge in [0.1, 0.15) is 5.75 Å². The number of ether oxygens (including phenoxy) is 1. The van der Waals surface area contributed by atoms with Gasteiger partial charge in [-0.25, -0.2) is 0 Å². The second-order valence-corrected chi connectivity index (χ2v) is 5.13. The smallest absolute Gasteiger partial charge is 0.119 e. The molecule has 4 heteroatoms.